The van der Waals surface area contributed by atoms with E-state index in [9.17, 15) is 9.59 Å². The number of carbonyl (C=O) groups is 2. The number of esters is 1. The molecule has 3 rings (SSSR count). The van der Waals surface area contributed by atoms with E-state index in [1.807, 2.05) is 43.1 Å². The van der Waals surface area contributed by atoms with Gasteiger partial charge < -0.3 is 14.4 Å². The minimum atomic E-state index is -0.802. The largest absolute Gasteiger partial charge is 0.497 e. The summed E-state index contributed by atoms with van der Waals surface area (Å²) in [6.07, 6.45) is 0. The first kappa shape index (κ1) is 18.7. The maximum Gasteiger partial charge on any atom is 0.365 e. The lowest BCUT2D eigenvalue weighted by molar-refractivity contribution is -0.132. The van der Waals surface area contributed by atoms with Gasteiger partial charge in [0, 0.05) is 12.7 Å². The third-order valence-corrected chi connectivity index (χ3v) is 7.33. The van der Waals surface area contributed by atoms with Crippen molar-refractivity contribution >= 4 is 46.0 Å². The van der Waals surface area contributed by atoms with Crippen molar-refractivity contribution in [3.63, 3.8) is 0 Å². The molecule has 7 nitrogen and oxygen atoms in total. The van der Waals surface area contributed by atoms with Crippen LogP contribution in [0.2, 0.25) is 0 Å². The van der Waals surface area contributed by atoms with Crippen molar-refractivity contribution in [1.82, 2.24) is 4.90 Å². The van der Waals surface area contributed by atoms with E-state index in [-0.39, 0.29) is 10.8 Å². The minimum absolute atomic E-state index is 0.0157. The van der Waals surface area contributed by atoms with E-state index in [0.717, 1.165) is 17.1 Å². The number of allylic oxidation sites excluding steroid dienone is 2. The number of thioether (sulfide) groups is 2. The van der Waals surface area contributed by atoms with E-state index >= 15 is 0 Å². The molecule has 0 aliphatic carbocycles. The Labute approximate surface area is 160 Å². The van der Waals surface area contributed by atoms with Gasteiger partial charge in [-0.1, -0.05) is 11.8 Å². The standard InChI is InChI=1S/C17H19N3O4S2/c1-10-14(11(2)21)25-17(19(10)3)20(18-15(26-17)16(22)24-5)12-6-8-13(23-4)9-7-12/h6-9H,1-5H3/t17-/m1/s1. The molecule has 2 aliphatic rings. The predicted molar refractivity (Wildman–Crippen MR) is 104 cm³/mol. The number of nitrogens with zero attached hydrogens (tertiary/aromatic N) is 3. The number of hydrazone groups is 1. The van der Waals surface area contributed by atoms with Crippen LogP contribution >= 0.6 is 23.5 Å². The van der Waals surface area contributed by atoms with Gasteiger partial charge in [0.25, 0.3) is 0 Å². The molecule has 0 N–H and O–H groups in total. The molecular formula is C17H19N3O4S2. The Morgan fingerprint density at radius 2 is 1.81 bits per heavy atom. The SMILES string of the molecule is COC(=O)C1=NN(c2ccc(OC)cc2)[C@@]2(S1)SC(C(C)=O)=C(C)N2C. The second kappa shape index (κ2) is 6.88. The molecule has 1 aromatic carbocycles. The number of Topliss-reactive ketones (excluding diaryl/α,β-unsaturated/α-hetero) is 1. The second-order valence-corrected chi connectivity index (χ2v) is 8.29. The minimum Gasteiger partial charge on any atom is -0.497 e. The van der Waals surface area contributed by atoms with Gasteiger partial charge >= 0.3 is 5.97 Å². The highest BCUT2D eigenvalue weighted by atomic mass is 32.2. The molecule has 2 aliphatic heterocycles. The van der Waals surface area contributed by atoms with E-state index in [1.165, 1.54) is 37.6 Å². The average Bonchev–Trinajstić information content (AvgIpc) is 3.15. The van der Waals surface area contributed by atoms with Crippen LogP contribution in [0.5, 0.6) is 5.75 Å². The zero-order chi connectivity index (χ0) is 19.1. The van der Waals surface area contributed by atoms with Crippen LogP contribution in [-0.2, 0) is 14.3 Å². The summed E-state index contributed by atoms with van der Waals surface area (Å²) in [6.45, 7) is 3.43. The number of methoxy groups -OCH3 is 2. The molecule has 1 atom stereocenters. The topological polar surface area (TPSA) is 71.4 Å². The second-order valence-electron chi connectivity index (χ2n) is 5.69. The molecule has 26 heavy (non-hydrogen) atoms. The van der Waals surface area contributed by atoms with Gasteiger partial charge in [-0.15, -0.1) is 0 Å². The predicted octanol–water partition coefficient (Wildman–Crippen LogP) is 2.85. The number of ether oxygens (including phenoxy) is 2. The van der Waals surface area contributed by atoms with E-state index in [1.54, 1.807) is 12.1 Å². The Morgan fingerprint density at radius 1 is 1.15 bits per heavy atom. The summed E-state index contributed by atoms with van der Waals surface area (Å²) in [5, 5.41) is 6.48. The number of carbonyl (C=O) groups excluding carboxylic acids is 2. The first-order valence-corrected chi connectivity index (χ1v) is 9.42. The highest BCUT2D eigenvalue weighted by Crippen LogP contribution is 2.58. The van der Waals surface area contributed by atoms with Crippen LogP contribution in [0.3, 0.4) is 0 Å². The normalized spacial score (nSPS) is 22.1. The number of hydrogen-bond acceptors (Lipinski definition) is 9. The molecule has 0 unspecified atom stereocenters. The first-order valence-electron chi connectivity index (χ1n) is 7.79. The summed E-state index contributed by atoms with van der Waals surface area (Å²) < 4.78 is 9.26. The molecule has 0 saturated carbocycles. The van der Waals surface area contributed by atoms with Crippen molar-refractivity contribution in [2.75, 3.05) is 26.3 Å². The fourth-order valence-electron chi connectivity index (χ4n) is 2.70. The molecule has 0 radical (unpaired) electrons. The zero-order valence-corrected chi connectivity index (χ0v) is 16.7. The lowest BCUT2D eigenvalue weighted by Crippen LogP contribution is -2.47. The van der Waals surface area contributed by atoms with Crippen molar-refractivity contribution in [2.45, 2.75) is 18.2 Å². The van der Waals surface area contributed by atoms with Crippen molar-refractivity contribution in [2.24, 2.45) is 5.10 Å². The van der Waals surface area contributed by atoms with Crippen LogP contribution in [0.1, 0.15) is 13.8 Å². The Morgan fingerprint density at radius 3 is 2.31 bits per heavy atom. The molecule has 0 aromatic heterocycles. The Kier molecular flexibility index (Phi) is 4.94. The third kappa shape index (κ3) is 2.84. The molecule has 1 spiro atoms. The van der Waals surface area contributed by atoms with Crippen LogP contribution in [0.15, 0.2) is 40.0 Å². The van der Waals surface area contributed by atoms with Crippen molar-refractivity contribution in [3.8, 4) is 5.75 Å². The summed E-state index contributed by atoms with van der Waals surface area (Å²) in [7, 11) is 4.81. The van der Waals surface area contributed by atoms with Crippen molar-refractivity contribution < 1.29 is 19.1 Å². The Bertz CT molecular complexity index is 822. The Balaban J connectivity index is 2.06. The van der Waals surface area contributed by atoms with E-state index in [0.29, 0.717) is 4.91 Å². The number of benzene rings is 1. The highest BCUT2D eigenvalue weighted by molar-refractivity contribution is 8.28. The number of anilines is 1. The van der Waals surface area contributed by atoms with Crippen LogP contribution < -0.4 is 9.75 Å². The monoisotopic (exact) mass is 393 g/mol. The molecule has 0 amide bonds. The van der Waals surface area contributed by atoms with E-state index < -0.39 is 10.3 Å². The molecular weight excluding hydrogens is 374 g/mol. The summed E-state index contributed by atoms with van der Waals surface area (Å²) >= 11 is 2.65. The van der Waals surface area contributed by atoms with Gasteiger partial charge in [-0.05, 0) is 49.9 Å². The van der Waals surface area contributed by atoms with Gasteiger partial charge in [-0.3, -0.25) is 4.79 Å². The van der Waals surface area contributed by atoms with Crippen LogP contribution in [0.25, 0.3) is 0 Å². The van der Waals surface area contributed by atoms with Crippen LogP contribution in [-0.4, -0.2) is 47.3 Å². The van der Waals surface area contributed by atoms with Crippen LogP contribution in [0.4, 0.5) is 5.69 Å². The average molecular weight is 393 g/mol. The zero-order valence-electron chi connectivity index (χ0n) is 15.1. The lowest BCUT2D eigenvalue weighted by atomic mass is 10.3. The number of hydrogen-bond donors (Lipinski definition) is 0. The van der Waals surface area contributed by atoms with E-state index in [2.05, 4.69) is 5.10 Å². The third-order valence-electron chi connectivity index (χ3n) is 4.18. The molecule has 138 valence electrons. The van der Waals surface area contributed by atoms with Gasteiger partial charge in [-0.2, -0.15) is 5.10 Å². The lowest BCUT2D eigenvalue weighted by Gasteiger charge is -2.39. The summed E-state index contributed by atoms with van der Waals surface area (Å²) in [4.78, 5) is 26.8. The Hall–Kier alpha value is -2.13. The molecule has 9 heteroatoms. The fourth-order valence-corrected chi connectivity index (χ4v) is 5.60. The van der Waals surface area contributed by atoms with Gasteiger partial charge in [-0.25, -0.2) is 9.80 Å². The first-order chi connectivity index (χ1) is 12.3. The highest BCUT2D eigenvalue weighted by Gasteiger charge is 2.55. The maximum absolute atomic E-state index is 12.1. The summed E-state index contributed by atoms with van der Waals surface area (Å²) in [6, 6.07) is 7.37. The maximum atomic E-state index is 12.1. The molecule has 0 saturated heterocycles. The van der Waals surface area contributed by atoms with Gasteiger partial charge in [0.15, 0.2) is 5.78 Å². The van der Waals surface area contributed by atoms with E-state index in [4.69, 9.17) is 9.47 Å². The molecule has 1 aromatic rings. The number of rotatable bonds is 4. The quantitative estimate of drug-likeness (QED) is 0.723. The summed E-state index contributed by atoms with van der Waals surface area (Å²) in [5.74, 6) is 0.198. The molecule has 0 fully saturated rings. The molecule has 0 bridgehead atoms. The fraction of sp³-hybridized carbons (Fsp3) is 0.353. The summed E-state index contributed by atoms with van der Waals surface area (Å²) in [5.41, 5.74) is 1.61. The van der Waals surface area contributed by atoms with Crippen molar-refractivity contribution in [1.29, 1.82) is 0 Å². The van der Waals surface area contributed by atoms with Gasteiger partial charge in [0.2, 0.25) is 9.37 Å². The molecule has 2 heterocycles. The number of ketones is 1. The van der Waals surface area contributed by atoms with Gasteiger partial charge in [0.05, 0.1) is 24.8 Å². The van der Waals surface area contributed by atoms with Crippen molar-refractivity contribution in [3.05, 3.63) is 34.9 Å². The van der Waals surface area contributed by atoms with Crippen LogP contribution in [0, 0.1) is 0 Å². The smallest absolute Gasteiger partial charge is 0.365 e. The van der Waals surface area contributed by atoms with Gasteiger partial charge in [0.1, 0.15) is 5.75 Å².